The van der Waals surface area contributed by atoms with Gasteiger partial charge >= 0.3 is 0 Å². The van der Waals surface area contributed by atoms with Gasteiger partial charge in [0.1, 0.15) is 0 Å². The summed E-state index contributed by atoms with van der Waals surface area (Å²) in [5, 5.41) is 3.69. The number of rotatable bonds is 9. The normalized spacial score (nSPS) is 24.6. The van der Waals surface area contributed by atoms with Crippen molar-refractivity contribution < 1.29 is 9.47 Å². The van der Waals surface area contributed by atoms with Crippen molar-refractivity contribution in [3.05, 3.63) is 0 Å². The van der Waals surface area contributed by atoms with E-state index in [1.165, 1.54) is 19.3 Å². The predicted octanol–water partition coefficient (Wildman–Crippen LogP) is 3.28. The minimum absolute atomic E-state index is 0. The Bertz CT molecular complexity index is 360. The van der Waals surface area contributed by atoms with E-state index < -0.39 is 0 Å². The molecular weight excluding hydrogens is 417 g/mol. The zero-order chi connectivity index (χ0) is 16.5. The zero-order valence-corrected chi connectivity index (χ0v) is 18.0. The molecule has 1 saturated heterocycles. The van der Waals surface area contributed by atoms with Gasteiger partial charge in [0.05, 0.1) is 6.10 Å². The summed E-state index contributed by atoms with van der Waals surface area (Å²) in [5.41, 5.74) is 0. The average molecular weight is 453 g/mol. The van der Waals surface area contributed by atoms with E-state index in [0.29, 0.717) is 12.1 Å². The Hall–Kier alpha value is -0.0800. The number of likely N-dealkylation sites (tertiary alicyclic amines) is 1. The maximum absolute atomic E-state index is 5.95. The first-order valence-corrected chi connectivity index (χ1v) is 9.44. The third-order valence-electron chi connectivity index (χ3n) is 4.79. The number of methoxy groups -OCH3 is 1. The Morgan fingerprint density at radius 3 is 2.58 bits per heavy atom. The van der Waals surface area contributed by atoms with E-state index >= 15 is 0 Å². The highest BCUT2D eigenvalue weighted by atomic mass is 127. The summed E-state index contributed by atoms with van der Waals surface area (Å²) in [6.07, 6.45) is 7.53. The molecule has 2 atom stereocenters. The standard InChI is InChI=1S/C18H35N3O2.HI/c1-4-7-15-14-17(15)20-18(19-5-2)21-10-8-16(9-11-21)23-13-6-12-22-3;/h15-17H,4-14H2,1-3H3,(H,19,20);1H. The van der Waals surface area contributed by atoms with Gasteiger partial charge < -0.3 is 19.7 Å². The van der Waals surface area contributed by atoms with Crippen LogP contribution >= 0.6 is 24.0 Å². The van der Waals surface area contributed by atoms with E-state index in [0.717, 1.165) is 64.0 Å². The van der Waals surface area contributed by atoms with Crippen LogP contribution in [0.3, 0.4) is 0 Å². The van der Waals surface area contributed by atoms with Crippen molar-refractivity contribution in [2.24, 2.45) is 10.9 Å². The van der Waals surface area contributed by atoms with Crippen molar-refractivity contribution in [2.75, 3.05) is 40.0 Å². The predicted molar refractivity (Wildman–Crippen MR) is 110 cm³/mol. The van der Waals surface area contributed by atoms with Crippen molar-refractivity contribution in [1.29, 1.82) is 0 Å². The molecular formula is C18H36IN3O2. The second-order valence-electron chi connectivity index (χ2n) is 6.74. The number of halogens is 1. The summed E-state index contributed by atoms with van der Waals surface area (Å²) in [6.45, 7) is 8.93. The first-order valence-electron chi connectivity index (χ1n) is 9.44. The fourth-order valence-electron chi connectivity index (χ4n) is 3.35. The molecule has 24 heavy (non-hydrogen) atoms. The quantitative estimate of drug-likeness (QED) is 0.252. The van der Waals surface area contributed by atoms with Crippen LogP contribution in [-0.2, 0) is 9.47 Å². The van der Waals surface area contributed by atoms with Crippen LogP contribution in [0.5, 0.6) is 0 Å². The lowest BCUT2D eigenvalue weighted by molar-refractivity contribution is 0.00987. The maximum Gasteiger partial charge on any atom is 0.194 e. The summed E-state index contributed by atoms with van der Waals surface area (Å²) in [5.74, 6) is 1.98. The molecule has 1 heterocycles. The van der Waals surface area contributed by atoms with Crippen molar-refractivity contribution in [3.8, 4) is 0 Å². The molecule has 0 aromatic heterocycles. The van der Waals surface area contributed by atoms with Crippen molar-refractivity contribution in [1.82, 2.24) is 10.2 Å². The molecule has 1 saturated carbocycles. The van der Waals surface area contributed by atoms with Gasteiger partial charge in [0.15, 0.2) is 5.96 Å². The molecule has 2 fully saturated rings. The first-order chi connectivity index (χ1) is 11.3. The fourth-order valence-corrected chi connectivity index (χ4v) is 3.35. The SMILES string of the molecule is CCCC1CC1NC(=NCC)N1CCC(OCCCOC)CC1.I. The van der Waals surface area contributed by atoms with Crippen LogP contribution in [0.4, 0.5) is 0 Å². The van der Waals surface area contributed by atoms with Gasteiger partial charge in [-0.2, -0.15) is 0 Å². The molecule has 5 nitrogen and oxygen atoms in total. The van der Waals surface area contributed by atoms with Gasteiger partial charge in [-0.15, -0.1) is 24.0 Å². The minimum atomic E-state index is 0. The van der Waals surface area contributed by atoms with Gasteiger partial charge in [0.2, 0.25) is 0 Å². The smallest absolute Gasteiger partial charge is 0.194 e. The molecule has 0 bridgehead atoms. The Labute approximate surface area is 165 Å². The maximum atomic E-state index is 5.95. The Balaban J connectivity index is 0.00000288. The molecule has 0 aromatic carbocycles. The second-order valence-corrected chi connectivity index (χ2v) is 6.74. The molecule has 0 amide bonds. The summed E-state index contributed by atoms with van der Waals surface area (Å²) >= 11 is 0. The van der Waals surface area contributed by atoms with Crippen LogP contribution in [0.2, 0.25) is 0 Å². The summed E-state index contributed by atoms with van der Waals surface area (Å²) in [6, 6.07) is 0.656. The average Bonchev–Trinajstić information content (AvgIpc) is 3.30. The van der Waals surface area contributed by atoms with E-state index in [4.69, 9.17) is 14.5 Å². The molecule has 0 aromatic rings. The van der Waals surface area contributed by atoms with Crippen LogP contribution in [0.15, 0.2) is 4.99 Å². The summed E-state index contributed by atoms with van der Waals surface area (Å²) in [7, 11) is 1.74. The minimum Gasteiger partial charge on any atom is -0.385 e. The number of guanidine groups is 1. The molecule has 142 valence electrons. The van der Waals surface area contributed by atoms with Crippen LogP contribution in [0.25, 0.3) is 0 Å². The molecule has 1 aliphatic heterocycles. The third kappa shape index (κ3) is 7.44. The highest BCUT2D eigenvalue weighted by Crippen LogP contribution is 2.34. The number of ether oxygens (including phenoxy) is 2. The van der Waals surface area contributed by atoms with Crippen LogP contribution in [0.1, 0.15) is 52.4 Å². The lowest BCUT2D eigenvalue weighted by atomic mass is 10.1. The van der Waals surface area contributed by atoms with Gasteiger partial charge in [0, 0.05) is 46.0 Å². The molecule has 2 unspecified atom stereocenters. The Morgan fingerprint density at radius 1 is 1.21 bits per heavy atom. The van der Waals surface area contributed by atoms with Crippen LogP contribution in [0, 0.1) is 5.92 Å². The highest BCUT2D eigenvalue weighted by Gasteiger charge is 2.37. The van der Waals surface area contributed by atoms with Crippen molar-refractivity contribution >= 4 is 29.9 Å². The van der Waals surface area contributed by atoms with E-state index in [1.54, 1.807) is 7.11 Å². The number of piperidine rings is 1. The number of nitrogens with one attached hydrogen (secondary N) is 1. The molecule has 1 N–H and O–H groups in total. The fraction of sp³-hybridized carbons (Fsp3) is 0.944. The summed E-state index contributed by atoms with van der Waals surface area (Å²) in [4.78, 5) is 7.12. The third-order valence-corrected chi connectivity index (χ3v) is 4.79. The van der Waals surface area contributed by atoms with E-state index in [9.17, 15) is 0 Å². The number of hydrogen-bond donors (Lipinski definition) is 1. The lowest BCUT2D eigenvalue weighted by Crippen LogP contribution is -2.48. The Morgan fingerprint density at radius 2 is 1.96 bits per heavy atom. The highest BCUT2D eigenvalue weighted by molar-refractivity contribution is 14.0. The van der Waals surface area contributed by atoms with Gasteiger partial charge in [0.25, 0.3) is 0 Å². The number of nitrogens with zero attached hydrogens (tertiary/aromatic N) is 2. The second kappa shape index (κ2) is 12.3. The molecule has 1 aliphatic carbocycles. The van der Waals surface area contributed by atoms with Gasteiger partial charge in [-0.05, 0) is 44.9 Å². The number of hydrogen-bond acceptors (Lipinski definition) is 3. The molecule has 0 spiro atoms. The van der Waals surface area contributed by atoms with Crippen LogP contribution in [-0.4, -0.2) is 63.0 Å². The lowest BCUT2D eigenvalue weighted by Gasteiger charge is -2.34. The van der Waals surface area contributed by atoms with Crippen LogP contribution < -0.4 is 5.32 Å². The Kier molecular flexibility index (Phi) is 11.3. The molecule has 6 heteroatoms. The van der Waals surface area contributed by atoms with E-state index in [-0.39, 0.29) is 24.0 Å². The zero-order valence-electron chi connectivity index (χ0n) is 15.6. The van der Waals surface area contributed by atoms with Gasteiger partial charge in [-0.3, -0.25) is 4.99 Å². The van der Waals surface area contributed by atoms with Crippen molar-refractivity contribution in [3.63, 3.8) is 0 Å². The monoisotopic (exact) mass is 453 g/mol. The molecule has 0 radical (unpaired) electrons. The molecule has 2 rings (SSSR count). The number of aliphatic imine (C=N–C) groups is 1. The topological polar surface area (TPSA) is 46.1 Å². The first kappa shape index (κ1) is 22.0. The molecule has 2 aliphatic rings. The van der Waals surface area contributed by atoms with Gasteiger partial charge in [-0.1, -0.05) is 13.3 Å². The van der Waals surface area contributed by atoms with Gasteiger partial charge in [-0.25, -0.2) is 0 Å². The van der Waals surface area contributed by atoms with E-state index in [1.807, 2.05) is 0 Å². The van der Waals surface area contributed by atoms with Crippen molar-refractivity contribution in [2.45, 2.75) is 64.5 Å². The summed E-state index contributed by atoms with van der Waals surface area (Å²) < 4.78 is 11.0. The largest absolute Gasteiger partial charge is 0.385 e. The van der Waals surface area contributed by atoms with E-state index in [2.05, 4.69) is 24.1 Å².